The first-order valence-corrected chi connectivity index (χ1v) is 9.56. The van der Waals surface area contributed by atoms with Crippen LogP contribution in [0, 0.1) is 11.3 Å². The SMILES string of the molecule is N#CCc1ccc(S(=O)(=O)N2CCC(c3ccccc3)CC2)cc1. The van der Waals surface area contributed by atoms with Crippen molar-refractivity contribution in [2.24, 2.45) is 0 Å². The highest BCUT2D eigenvalue weighted by Gasteiger charge is 2.29. The normalized spacial score (nSPS) is 16.6. The van der Waals surface area contributed by atoms with Crippen molar-refractivity contribution in [1.29, 1.82) is 5.26 Å². The standard InChI is InChI=1S/C19H20N2O2S/c20-13-10-16-6-8-19(9-7-16)24(22,23)21-14-11-18(12-15-21)17-4-2-1-3-5-17/h1-9,18H,10-12,14-15H2. The quantitative estimate of drug-likeness (QED) is 0.858. The minimum atomic E-state index is -3.45. The monoisotopic (exact) mass is 340 g/mol. The summed E-state index contributed by atoms with van der Waals surface area (Å²) in [6.45, 7) is 1.09. The Balaban J connectivity index is 1.69. The maximum absolute atomic E-state index is 12.8. The second-order valence-corrected chi connectivity index (χ2v) is 8.01. The first-order chi connectivity index (χ1) is 11.6. The second kappa shape index (κ2) is 7.16. The maximum Gasteiger partial charge on any atom is 0.243 e. The molecule has 0 bridgehead atoms. The van der Waals surface area contributed by atoms with Gasteiger partial charge in [0.2, 0.25) is 10.0 Å². The van der Waals surface area contributed by atoms with Crippen molar-refractivity contribution in [3.63, 3.8) is 0 Å². The molecule has 4 nitrogen and oxygen atoms in total. The maximum atomic E-state index is 12.8. The van der Waals surface area contributed by atoms with Crippen LogP contribution in [-0.2, 0) is 16.4 Å². The van der Waals surface area contributed by atoms with Gasteiger partial charge >= 0.3 is 0 Å². The predicted octanol–water partition coefficient (Wildman–Crippen LogP) is 3.32. The van der Waals surface area contributed by atoms with E-state index in [-0.39, 0.29) is 0 Å². The van der Waals surface area contributed by atoms with Crippen molar-refractivity contribution < 1.29 is 8.42 Å². The predicted molar refractivity (Wildman–Crippen MR) is 92.9 cm³/mol. The molecule has 0 radical (unpaired) electrons. The summed E-state index contributed by atoms with van der Waals surface area (Å²) < 4.78 is 27.1. The fraction of sp³-hybridized carbons (Fsp3) is 0.316. The van der Waals surface area contributed by atoms with Crippen LogP contribution >= 0.6 is 0 Å². The van der Waals surface area contributed by atoms with Gasteiger partial charge in [-0.15, -0.1) is 0 Å². The Labute approximate surface area is 143 Å². The summed E-state index contributed by atoms with van der Waals surface area (Å²) in [6, 6.07) is 19.0. The lowest BCUT2D eigenvalue weighted by atomic mass is 9.90. The van der Waals surface area contributed by atoms with Gasteiger partial charge in [0.1, 0.15) is 0 Å². The van der Waals surface area contributed by atoms with Gasteiger partial charge in [-0.25, -0.2) is 8.42 Å². The van der Waals surface area contributed by atoms with Crippen molar-refractivity contribution >= 4 is 10.0 Å². The summed E-state index contributed by atoms with van der Waals surface area (Å²) in [5.41, 5.74) is 2.12. The minimum Gasteiger partial charge on any atom is -0.207 e. The highest BCUT2D eigenvalue weighted by atomic mass is 32.2. The number of benzene rings is 2. The Morgan fingerprint density at radius 1 is 1.00 bits per heavy atom. The lowest BCUT2D eigenvalue weighted by molar-refractivity contribution is 0.319. The average Bonchev–Trinajstić information content (AvgIpc) is 2.63. The van der Waals surface area contributed by atoms with E-state index in [1.807, 2.05) is 18.2 Å². The first kappa shape index (κ1) is 16.7. The largest absolute Gasteiger partial charge is 0.243 e. The third-order valence-corrected chi connectivity index (χ3v) is 6.48. The van der Waals surface area contributed by atoms with Gasteiger partial charge in [0, 0.05) is 13.1 Å². The molecule has 1 saturated heterocycles. The molecule has 1 heterocycles. The van der Waals surface area contributed by atoms with Crippen LogP contribution in [0.1, 0.15) is 29.9 Å². The molecule has 0 amide bonds. The third kappa shape index (κ3) is 3.50. The summed E-state index contributed by atoms with van der Waals surface area (Å²) in [4.78, 5) is 0.308. The molecule has 2 aromatic carbocycles. The number of sulfonamides is 1. The third-order valence-electron chi connectivity index (χ3n) is 4.57. The van der Waals surface area contributed by atoms with E-state index in [2.05, 4.69) is 18.2 Å². The molecule has 124 valence electrons. The lowest BCUT2D eigenvalue weighted by Crippen LogP contribution is -2.37. The summed E-state index contributed by atoms with van der Waals surface area (Å²) in [5, 5.41) is 8.70. The van der Waals surface area contributed by atoms with E-state index >= 15 is 0 Å². The topological polar surface area (TPSA) is 61.2 Å². The van der Waals surface area contributed by atoms with Gasteiger partial charge in [0.05, 0.1) is 17.4 Å². The molecule has 1 fully saturated rings. The van der Waals surface area contributed by atoms with Gasteiger partial charge in [-0.05, 0) is 42.0 Å². The Morgan fingerprint density at radius 3 is 2.21 bits per heavy atom. The molecule has 0 N–H and O–H groups in total. The number of hydrogen-bond donors (Lipinski definition) is 0. The van der Waals surface area contributed by atoms with Crippen LogP contribution in [0.3, 0.4) is 0 Å². The number of piperidine rings is 1. The van der Waals surface area contributed by atoms with Crippen LogP contribution in [0.15, 0.2) is 59.5 Å². The molecule has 1 aliphatic heterocycles. The summed E-state index contributed by atoms with van der Waals surface area (Å²) in [7, 11) is -3.45. The Morgan fingerprint density at radius 2 is 1.62 bits per heavy atom. The van der Waals surface area contributed by atoms with Gasteiger partial charge in [-0.1, -0.05) is 42.5 Å². The van der Waals surface area contributed by atoms with Gasteiger partial charge in [0.15, 0.2) is 0 Å². The van der Waals surface area contributed by atoms with E-state index in [1.54, 1.807) is 28.6 Å². The minimum absolute atomic E-state index is 0.294. The number of nitrogens with zero attached hydrogens (tertiary/aromatic N) is 2. The zero-order valence-corrected chi connectivity index (χ0v) is 14.2. The van der Waals surface area contributed by atoms with E-state index in [4.69, 9.17) is 5.26 Å². The fourth-order valence-corrected chi connectivity index (χ4v) is 4.64. The van der Waals surface area contributed by atoms with Crippen molar-refractivity contribution in [3.05, 3.63) is 65.7 Å². The van der Waals surface area contributed by atoms with Gasteiger partial charge in [0.25, 0.3) is 0 Å². The number of rotatable bonds is 4. The van der Waals surface area contributed by atoms with Crippen molar-refractivity contribution in [1.82, 2.24) is 4.31 Å². The van der Waals surface area contributed by atoms with Gasteiger partial charge in [-0.2, -0.15) is 9.57 Å². The summed E-state index contributed by atoms with van der Waals surface area (Å²) >= 11 is 0. The van der Waals surface area contributed by atoms with Gasteiger partial charge < -0.3 is 0 Å². The van der Waals surface area contributed by atoms with Crippen LogP contribution in [0.4, 0.5) is 0 Å². The fourth-order valence-electron chi connectivity index (χ4n) is 3.17. The molecule has 0 aromatic heterocycles. The van der Waals surface area contributed by atoms with Crippen molar-refractivity contribution in [2.75, 3.05) is 13.1 Å². The molecule has 5 heteroatoms. The summed E-state index contributed by atoms with van der Waals surface area (Å²) in [5.74, 6) is 0.427. The molecule has 0 spiro atoms. The van der Waals surface area contributed by atoms with E-state index < -0.39 is 10.0 Å². The molecule has 0 atom stereocenters. The highest BCUT2D eigenvalue weighted by molar-refractivity contribution is 7.89. The number of hydrogen-bond acceptors (Lipinski definition) is 3. The van der Waals surface area contributed by atoms with Crippen LogP contribution < -0.4 is 0 Å². The van der Waals surface area contributed by atoms with Crippen LogP contribution in [-0.4, -0.2) is 25.8 Å². The van der Waals surface area contributed by atoms with Crippen molar-refractivity contribution in [2.45, 2.75) is 30.1 Å². The summed E-state index contributed by atoms with van der Waals surface area (Å²) in [6.07, 6.45) is 1.98. The molecular weight excluding hydrogens is 320 g/mol. The first-order valence-electron chi connectivity index (χ1n) is 8.12. The Hall–Kier alpha value is -2.16. The molecule has 1 aliphatic rings. The molecule has 0 aliphatic carbocycles. The van der Waals surface area contributed by atoms with Crippen LogP contribution in [0.2, 0.25) is 0 Å². The highest BCUT2D eigenvalue weighted by Crippen LogP contribution is 2.30. The smallest absolute Gasteiger partial charge is 0.207 e. The van der Waals surface area contributed by atoms with Crippen LogP contribution in [0.25, 0.3) is 0 Å². The molecule has 3 rings (SSSR count). The Kier molecular flexibility index (Phi) is 4.98. The molecule has 0 unspecified atom stereocenters. The lowest BCUT2D eigenvalue weighted by Gasteiger charge is -2.31. The van der Waals surface area contributed by atoms with E-state index in [9.17, 15) is 8.42 Å². The zero-order valence-electron chi connectivity index (χ0n) is 13.4. The molecule has 24 heavy (non-hydrogen) atoms. The van der Waals surface area contributed by atoms with Crippen LogP contribution in [0.5, 0.6) is 0 Å². The van der Waals surface area contributed by atoms with E-state index in [1.165, 1.54) is 5.56 Å². The van der Waals surface area contributed by atoms with E-state index in [0.717, 1.165) is 18.4 Å². The molecular formula is C19H20N2O2S. The van der Waals surface area contributed by atoms with Gasteiger partial charge in [-0.3, -0.25) is 0 Å². The second-order valence-electron chi connectivity index (χ2n) is 6.07. The number of nitriles is 1. The zero-order chi connectivity index (χ0) is 17.0. The molecule has 2 aromatic rings. The van der Waals surface area contributed by atoms with E-state index in [0.29, 0.717) is 30.3 Å². The average molecular weight is 340 g/mol. The molecule has 0 saturated carbocycles. The van der Waals surface area contributed by atoms with Crippen molar-refractivity contribution in [3.8, 4) is 6.07 Å². The Bertz CT molecular complexity index is 816.